The molecule has 2 heterocycles. The topological polar surface area (TPSA) is 26.3 Å². The summed E-state index contributed by atoms with van der Waals surface area (Å²) in [5, 5.41) is 0. The fourth-order valence-electron chi connectivity index (χ4n) is 2.31. The zero-order valence-corrected chi connectivity index (χ0v) is 9.19. The molecule has 0 saturated carbocycles. The average Bonchev–Trinajstić information content (AvgIpc) is 2.65. The molecule has 0 aromatic heterocycles. The van der Waals surface area contributed by atoms with Crippen LogP contribution < -0.4 is 0 Å². The van der Waals surface area contributed by atoms with E-state index in [9.17, 15) is 13.6 Å². The number of carbonyl (C=O) groups excluding carboxylic acids is 1. The standard InChI is InChI=1S/C10H14F2O2S/c11-9(12)8(13)7-1-3-14-10(5-7)2-4-15-6-10/h7,9H,1-6H2. The molecule has 2 fully saturated rings. The average molecular weight is 236 g/mol. The predicted molar refractivity (Wildman–Crippen MR) is 54.4 cm³/mol. The zero-order valence-electron chi connectivity index (χ0n) is 8.38. The summed E-state index contributed by atoms with van der Waals surface area (Å²) < 4.78 is 30.3. The van der Waals surface area contributed by atoms with Crippen molar-refractivity contribution in [3.8, 4) is 0 Å². The molecule has 0 aromatic rings. The van der Waals surface area contributed by atoms with E-state index in [-0.39, 0.29) is 5.60 Å². The SMILES string of the molecule is O=C(C(F)F)C1CCOC2(CCSC2)C1. The van der Waals surface area contributed by atoms with Gasteiger partial charge in [-0.1, -0.05) is 0 Å². The quantitative estimate of drug-likeness (QED) is 0.734. The number of hydrogen-bond donors (Lipinski definition) is 0. The van der Waals surface area contributed by atoms with Crippen LogP contribution in [0.5, 0.6) is 0 Å². The first-order valence-electron chi connectivity index (χ1n) is 5.17. The minimum absolute atomic E-state index is 0.280. The maximum absolute atomic E-state index is 12.3. The Balaban J connectivity index is 2.00. The minimum atomic E-state index is -2.82. The van der Waals surface area contributed by atoms with Crippen molar-refractivity contribution in [3.05, 3.63) is 0 Å². The van der Waals surface area contributed by atoms with Crippen LogP contribution in [0.4, 0.5) is 8.78 Å². The van der Waals surface area contributed by atoms with E-state index in [4.69, 9.17) is 4.74 Å². The smallest absolute Gasteiger partial charge is 0.296 e. The van der Waals surface area contributed by atoms with E-state index < -0.39 is 18.1 Å². The molecule has 0 amide bonds. The first-order chi connectivity index (χ1) is 7.13. The van der Waals surface area contributed by atoms with Gasteiger partial charge in [-0.25, -0.2) is 8.78 Å². The van der Waals surface area contributed by atoms with Crippen molar-refractivity contribution in [1.29, 1.82) is 0 Å². The van der Waals surface area contributed by atoms with Gasteiger partial charge in [-0.3, -0.25) is 4.79 Å². The summed E-state index contributed by atoms with van der Waals surface area (Å²) in [5.41, 5.74) is -0.280. The third-order valence-corrected chi connectivity index (χ3v) is 4.40. The molecule has 0 aromatic carbocycles. The van der Waals surface area contributed by atoms with E-state index in [0.29, 0.717) is 19.4 Å². The van der Waals surface area contributed by atoms with Crippen LogP contribution in [0.2, 0.25) is 0 Å². The minimum Gasteiger partial charge on any atom is -0.374 e. The number of ketones is 1. The van der Waals surface area contributed by atoms with Crippen molar-refractivity contribution < 1.29 is 18.3 Å². The molecule has 0 N–H and O–H groups in total. The van der Waals surface area contributed by atoms with Crippen molar-refractivity contribution in [1.82, 2.24) is 0 Å². The van der Waals surface area contributed by atoms with Gasteiger partial charge >= 0.3 is 0 Å². The number of hydrogen-bond acceptors (Lipinski definition) is 3. The molecule has 2 atom stereocenters. The highest BCUT2D eigenvalue weighted by atomic mass is 32.2. The first-order valence-corrected chi connectivity index (χ1v) is 6.32. The van der Waals surface area contributed by atoms with Crippen LogP contribution in [0.1, 0.15) is 19.3 Å². The molecule has 0 bridgehead atoms. The second-order valence-electron chi connectivity index (χ2n) is 4.23. The predicted octanol–water partition coefficient (Wildman–Crippen LogP) is 2.12. The van der Waals surface area contributed by atoms with Gasteiger partial charge in [0.25, 0.3) is 6.43 Å². The van der Waals surface area contributed by atoms with E-state index in [1.54, 1.807) is 11.8 Å². The highest BCUT2D eigenvalue weighted by molar-refractivity contribution is 7.99. The summed E-state index contributed by atoms with van der Waals surface area (Å²) in [6.45, 7) is 0.448. The van der Waals surface area contributed by atoms with E-state index >= 15 is 0 Å². The van der Waals surface area contributed by atoms with Gasteiger partial charge < -0.3 is 4.74 Å². The Morgan fingerprint density at radius 1 is 1.53 bits per heavy atom. The molecule has 2 saturated heterocycles. The Kier molecular flexibility index (Phi) is 3.30. The van der Waals surface area contributed by atoms with Crippen LogP contribution in [-0.4, -0.2) is 35.9 Å². The van der Waals surface area contributed by atoms with Crippen molar-refractivity contribution in [3.63, 3.8) is 0 Å². The molecule has 2 nitrogen and oxygen atoms in total. The lowest BCUT2D eigenvalue weighted by molar-refractivity contribution is -0.144. The Hall–Kier alpha value is -0.160. The second kappa shape index (κ2) is 4.37. The van der Waals surface area contributed by atoms with Crippen LogP contribution in [0.25, 0.3) is 0 Å². The highest BCUT2D eigenvalue weighted by Crippen LogP contribution is 2.40. The van der Waals surface area contributed by atoms with Gasteiger partial charge in [-0.05, 0) is 25.0 Å². The molecule has 86 valence electrons. The Bertz CT molecular complexity index is 252. The molecule has 2 unspecified atom stereocenters. The molecule has 2 aliphatic heterocycles. The van der Waals surface area contributed by atoms with Crippen LogP contribution in [0.15, 0.2) is 0 Å². The van der Waals surface area contributed by atoms with Crippen molar-refractivity contribution >= 4 is 17.5 Å². The summed E-state index contributed by atoms with van der Waals surface area (Å²) in [4.78, 5) is 11.2. The number of Topliss-reactive ketones (excluding diaryl/α,β-unsaturated/α-hetero) is 1. The monoisotopic (exact) mass is 236 g/mol. The normalized spacial score (nSPS) is 36.3. The maximum atomic E-state index is 12.3. The van der Waals surface area contributed by atoms with Crippen LogP contribution in [0.3, 0.4) is 0 Å². The molecular weight excluding hydrogens is 222 g/mol. The van der Waals surface area contributed by atoms with Crippen molar-refractivity contribution in [2.24, 2.45) is 5.92 Å². The van der Waals surface area contributed by atoms with Crippen LogP contribution in [-0.2, 0) is 9.53 Å². The summed E-state index contributed by atoms with van der Waals surface area (Å²) in [6.07, 6.45) is -0.983. The number of halogens is 2. The fraction of sp³-hybridized carbons (Fsp3) is 0.900. The van der Waals surface area contributed by atoms with E-state index in [2.05, 4.69) is 0 Å². The lowest BCUT2D eigenvalue weighted by Crippen LogP contribution is -2.43. The lowest BCUT2D eigenvalue weighted by atomic mass is 9.83. The van der Waals surface area contributed by atoms with Gasteiger partial charge in [0.05, 0.1) is 5.60 Å². The Labute approximate surface area is 91.7 Å². The number of carbonyl (C=O) groups is 1. The molecule has 1 spiro atoms. The molecule has 2 aliphatic rings. The first kappa shape index (κ1) is 11.3. The van der Waals surface area contributed by atoms with E-state index in [1.807, 2.05) is 0 Å². The van der Waals surface area contributed by atoms with Crippen molar-refractivity contribution in [2.45, 2.75) is 31.3 Å². The molecule has 15 heavy (non-hydrogen) atoms. The summed E-state index contributed by atoms with van der Waals surface area (Å²) >= 11 is 1.78. The van der Waals surface area contributed by atoms with Gasteiger partial charge in [0.15, 0.2) is 0 Å². The lowest BCUT2D eigenvalue weighted by Gasteiger charge is -2.36. The van der Waals surface area contributed by atoms with Gasteiger partial charge in [-0.2, -0.15) is 11.8 Å². The molecular formula is C10H14F2O2S. The fourth-order valence-corrected chi connectivity index (χ4v) is 3.69. The number of alkyl halides is 2. The largest absolute Gasteiger partial charge is 0.374 e. The summed E-state index contributed by atoms with van der Waals surface area (Å²) in [5.74, 6) is 0.474. The summed E-state index contributed by atoms with van der Waals surface area (Å²) in [7, 11) is 0. The number of thioether (sulfide) groups is 1. The van der Waals surface area contributed by atoms with Gasteiger partial charge in [-0.15, -0.1) is 0 Å². The van der Waals surface area contributed by atoms with Crippen LogP contribution >= 0.6 is 11.8 Å². The highest BCUT2D eigenvalue weighted by Gasteiger charge is 2.43. The van der Waals surface area contributed by atoms with E-state index in [0.717, 1.165) is 17.9 Å². The molecule has 0 radical (unpaired) electrons. The molecule has 0 aliphatic carbocycles. The maximum Gasteiger partial charge on any atom is 0.296 e. The zero-order chi connectivity index (χ0) is 10.9. The number of rotatable bonds is 2. The van der Waals surface area contributed by atoms with Gasteiger partial charge in [0, 0.05) is 18.3 Å². The number of ether oxygens (including phenoxy) is 1. The summed E-state index contributed by atoms with van der Waals surface area (Å²) in [6, 6.07) is 0. The molecule has 5 heteroatoms. The van der Waals surface area contributed by atoms with Crippen molar-refractivity contribution in [2.75, 3.05) is 18.1 Å². The Morgan fingerprint density at radius 2 is 2.33 bits per heavy atom. The second-order valence-corrected chi connectivity index (χ2v) is 5.33. The van der Waals surface area contributed by atoms with Gasteiger partial charge in [0.1, 0.15) is 0 Å². The molecule has 2 rings (SSSR count). The van der Waals surface area contributed by atoms with E-state index in [1.165, 1.54) is 0 Å². The van der Waals surface area contributed by atoms with Gasteiger partial charge in [0.2, 0.25) is 5.78 Å². The van der Waals surface area contributed by atoms with Crippen LogP contribution in [0, 0.1) is 5.92 Å². The third kappa shape index (κ3) is 2.33. The third-order valence-electron chi connectivity index (χ3n) is 3.18. The Morgan fingerprint density at radius 3 is 2.93 bits per heavy atom.